The Hall–Kier alpha value is -2.42. The number of nitrogens with two attached hydrogens (primary N) is 2. The Balaban J connectivity index is 0. The number of alkyl halides is 1. The lowest BCUT2D eigenvalue weighted by Gasteiger charge is -1.98. The molecule has 8 nitrogen and oxygen atoms in total. The highest BCUT2D eigenvalue weighted by Gasteiger charge is 1.99. The Morgan fingerprint density at radius 1 is 1.14 bits per heavy atom. The third-order valence-corrected chi connectivity index (χ3v) is 2.07. The molecule has 2 aromatic heterocycles. The molecule has 0 amide bonds. The number of nitrogen functional groups attached to an aromatic ring is 2. The quantitative estimate of drug-likeness (QED) is 0.854. The average molecular weight is 336 g/mol. The van der Waals surface area contributed by atoms with E-state index in [1.807, 2.05) is 0 Å². The lowest BCUT2D eigenvalue weighted by Crippen LogP contribution is -1.96. The molecular formula is C12H20ClFN6O2. The Bertz CT molecular complexity index is 567. The van der Waals surface area contributed by atoms with E-state index in [1.54, 1.807) is 0 Å². The average Bonchev–Trinajstić information content (AvgIpc) is 2.51. The molecule has 10 heteroatoms. The molecule has 2 rings (SSSR count). The van der Waals surface area contributed by atoms with Crippen LogP contribution >= 0.6 is 11.6 Å². The molecule has 2 aromatic rings. The molecular weight excluding hydrogens is 315 g/mol. The molecule has 0 bridgehead atoms. The summed E-state index contributed by atoms with van der Waals surface area (Å²) in [5, 5.41) is 0.195. The van der Waals surface area contributed by atoms with E-state index in [1.165, 1.54) is 32.8 Å². The van der Waals surface area contributed by atoms with Crippen LogP contribution in [0.1, 0.15) is 8.80 Å². The van der Waals surface area contributed by atoms with Gasteiger partial charge in [0.2, 0.25) is 11.8 Å². The summed E-state index contributed by atoms with van der Waals surface area (Å²) in [6, 6.07) is 0. The molecule has 0 aliphatic carbocycles. The fraction of sp³-hybridized carbons (Fsp3) is 0.333. The van der Waals surface area contributed by atoms with Crippen molar-refractivity contribution >= 4 is 23.2 Å². The van der Waals surface area contributed by atoms with E-state index in [9.17, 15) is 4.39 Å². The van der Waals surface area contributed by atoms with E-state index in [4.69, 9.17) is 33.9 Å². The maximum absolute atomic E-state index is 9.96. The number of nitrogens with zero attached hydrogens (tertiary/aromatic N) is 4. The molecule has 0 aromatic carbocycles. The normalized spacial score (nSPS) is 8.82. The number of anilines is 2. The molecule has 2 heterocycles. The van der Waals surface area contributed by atoms with Crippen LogP contribution in [0.5, 0.6) is 11.8 Å². The standard InChI is InChI=1S/C5H6ClN3O.C5H7N3O.CH3F.CH4/c1-10-3-2-8-4(6)5(7)9-3;1-9-5-3-7-2-4(6)8-5;1-2;/h2H,1H3,(H2,7,9);2-3H,1H3,(H2,6,8);1H3;1H4/i;;1D;. The van der Waals surface area contributed by atoms with Gasteiger partial charge < -0.3 is 20.9 Å². The molecule has 0 atom stereocenters. The first-order chi connectivity index (χ1) is 10.5. The van der Waals surface area contributed by atoms with Crippen LogP contribution in [-0.2, 0) is 0 Å². The SMILES string of the molecule is C.COc1cnc(Cl)c(N)n1.COc1cncc(N)n1.[2H]CF. The van der Waals surface area contributed by atoms with Crippen molar-refractivity contribution in [3.8, 4) is 11.8 Å². The zero-order valence-corrected chi connectivity index (χ0v) is 12.2. The van der Waals surface area contributed by atoms with Gasteiger partial charge in [-0.1, -0.05) is 19.0 Å². The minimum Gasteiger partial charge on any atom is -0.480 e. The van der Waals surface area contributed by atoms with Crippen molar-refractivity contribution in [1.82, 2.24) is 19.9 Å². The first-order valence-corrected chi connectivity index (χ1v) is 5.64. The van der Waals surface area contributed by atoms with Crippen molar-refractivity contribution in [1.29, 1.82) is 0 Å². The minimum atomic E-state index is -1.00. The summed E-state index contributed by atoms with van der Waals surface area (Å²) < 4.78 is 25.0. The van der Waals surface area contributed by atoms with Crippen LogP contribution in [0.4, 0.5) is 16.0 Å². The van der Waals surface area contributed by atoms with Crippen LogP contribution in [0.25, 0.3) is 0 Å². The van der Waals surface area contributed by atoms with Gasteiger partial charge in [-0.3, -0.25) is 9.37 Å². The zero-order chi connectivity index (χ0) is 17.0. The molecule has 0 radical (unpaired) electrons. The fourth-order valence-corrected chi connectivity index (χ4v) is 1.02. The smallest absolute Gasteiger partial charge is 0.234 e. The van der Waals surface area contributed by atoms with Crippen LogP contribution in [0.3, 0.4) is 0 Å². The lowest BCUT2D eigenvalue weighted by molar-refractivity contribution is 0.396. The van der Waals surface area contributed by atoms with E-state index in [0.717, 1.165) is 0 Å². The monoisotopic (exact) mass is 335 g/mol. The van der Waals surface area contributed by atoms with Crippen LogP contribution in [0.2, 0.25) is 5.15 Å². The maximum Gasteiger partial charge on any atom is 0.234 e. The van der Waals surface area contributed by atoms with Crippen molar-refractivity contribution in [2.45, 2.75) is 7.43 Å². The van der Waals surface area contributed by atoms with Gasteiger partial charge in [0.1, 0.15) is 5.82 Å². The van der Waals surface area contributed by atoms with E-state index < -0.39 is 7.15 Å². The molecule has 22 heavy (non-hydrogen) atoms. The van der Waals surface area contributed by atoms with Gasteiger partial charge >= 0.3 is 0 Å². The summed E-state index contributed by atoms with van der Waals surface area (Å²) in [6.45, 7) is 0. The molecule has 0 aliphatic heterocycles. The number of ether oxygens (including phenoxy) is 2. The first kappa shape index (κ1) is 19.6. The summed E-state index contributed by atoms with van der Waals surface area (Å²) in [4.78, 5) is 15.0. The molecule has 0 spiro atoms. The fourth-order valence-electron chi connectivity index (χ4n) is 0.931. The Morgan fingerprint density at radius 3 is 2.09 bits per heavy atom. The summed E-state index contributed by atoms with van der Waals surface area (Å²) in [5.41, 5.74) is 10.6. The van der Waals surface area contributed by atoms with Crippen molar-refractivity contribution in [2.24, 2.45) is 0 Å². The zero-order valence-electron chi connectivity index (χ0n) is 12.5. The van der Waals surface area contributed by atoms with E-state index in [2.05, 4.69) is 19.9 Å². The van der Waals surface area contributed by atoms with Gasteiger partial charge in [0.25, 0.3) is 0 Å². The van der Waals surface area contributed by atoms with E-state index in [0.29, 0.717) is 17.6 Å². The van der Waals surface area contributed by atoms with E-state index in [-0.39, 0.29) is 18.4 Å². The third kappa shape index (κ3) is 8.00. The molecule has 0 aliphatic rings. The maximum atomic E-state index is 9.96. The summed E-state index contributed by atoms with van der Waals surface area (Å²) in [7, 11) is 2.00. The van der Waals surface area contributed by atoms with Crippen LogP contribution in [0.15, 0.2) is 18.6 Å². The molecule has 124 valence electrons. The van der Waals surface area contributed by atoms with Crippen LogP contribution < -0.4 is 20.9 Å². The second kappa shape index (κ2) is 12.3. The van der Waals surface area contributed by atoms with Crippen LogP contribution in [0, 0.1) is 0 Å². The van der Waals surface area contributed by atoms with Gasteiger partial charge in [-0.25, -0.2) is 4.98 Å². The van der Waals surface area contributed by atoms with Crippen molar-refractivity contribution < 1.29 is 15.2 Å². The second-order valence-corrected chi connectivity index (χ2v) is 3.43. The van der Waals surface area contributed by atoms with Gasteiger partial charge in [0.05, 0.1) is 41.3 Å². The molecule has 4 N–H and O–H groups in total. The highest BCUT2D eigenvalue weighted by Crippen LogP contribution is 2.14. The molecule has 0 fully saturated rings. The largest absolute Gasteiger partial charge is 0.480 e. The Kier molecular flexibility index (Phi) is 11.0. The summed E-state index contributed by atoms with van der Waals surface area (Å²) in [6.07, 6.45) is 4.36. The van der Waals surface area contributed by atoms with Gasteiger partial charge in [-0.05, 0) is 0 Å². The summed E-state index contributed by atoms with van der Waals surface area (Å²) >= 11 is 5.48. The predicted octanol–water partition coefficient (Wildman–Crippen LogP) is 2.01. The Labute approximate surface area is 135 Å². The second-order valence-electron chi connectivity index (χ2n) is 3.07. The number of rotatable bonds is 2. The highest BCUT2D eigenvalue weighted by molar-refractivity contribution is 6.31. The van der Waals surface area contributed by atoms with Crippen LogP contribution in [-0.4, -0.2) is 41.3 Å². The van der Waals surface area contributed by atoms with Gasteiger partial charge in [-0.2, -0.15) is 9.97 Å². The van der Waals surface area contributed by atoms with Gasteiger partial charge in [0, 0.05) is 0 Å². The number of halogens is 2. The number of hydrogen-bond donors (Lipinski definition) is 2. The third-order valence-electron chi connectivity index (χ3n) is 1.78. The van der Waals surface area contributed by atoms with Gasteiger partial charge in [-0.15, -0.1) is 0 Å². The predicted molar refractivity (Wildman–Crippen MR) is 84.8 cm³/mol. The molecule has 0 saturated heterocycles. The topological polar surface area (TPSA) is 122 Å². The Morgan fingerprint density at radius 2 is 1.68 bits per heavy atom. The lowest BCUT2D eigenvalue weighted by atomic mass is 10.6. The van der Waals surface area contributed by atoms with Crippen molar-refractivity contribution in [2.75, 3.05) is 32.8 Å². The molecule has 0 saturated carbocycles. The first-order valence-electron chi connectivity index (χ1n) is 5.97. The number of methoxy groups -OCH3 is 2. The minimum absolute atomic E-state index is 0. The van der Waals surface area contributed by atoms with Crippen molar-refractivity contribution in [3.63, 3.8) is 0 Å². The van der Waals surface area contributed by atoms with Gasteiger partial charge in [0.15, 0.2) is 11.0 Å². The number of aromatic nitrogens is 4. The van der Waals surface area contributed by atoms with E-state index >= 15 is 0 Å². The molecule has 0 unspecified atom stereocenters. The number of hydrogen-bond acceptors (Lipinski definition) is 8. The van der Waals surface area contributed by atoms with Crippen molar-refractivity contribution in [3.05, 3.63) is 23.7 Å². The highest BCUT2D eigenvalue weighted by atomic mass is 35.5. The summed E-state index contributed by atoms with van der Waals surface area (Å²) in [5.74, 6) is 1.35.